The van der Waals surface area contributed by atoms with Crippen molar-refractivity contribution in [2.75, 3.05) is 6.54 Å². The Balaban J connectivity index is 2.27. The van der Waals surface area contributed by atoms with Gasteiger partial charge in [-0.2, -0.15) is 0 Å². The number of ketones is 1. The highest BCUT2D eigenvalue weighted by atomic mass is 16.1. The molecule has 2 fully saturated rings. The second-order valence-corrected chi connectivity index (χ2v) is 5.87. The van der Waals surface area contributed by atoms with Crippen LogP contribution in [0.2, 0.25) is 0 Å². The lowest BCUT2D eigenvalue weighted by atomic mass is 9.65. The number of hydrogen-bond donors (Lipinski definition) is 2. The van der Waals surface area contributed by atoms with E-state index in [0.717, 1.165) is 19.3 Å². The van der Waals surface area contributed by atoms with E-state index in [1.165, 1.54) is 6.42 Å². The van der Waals surface area contributed by atoms with E-state index < -0.39 is 0 Å². The topological polar surface area (TPSA) is 69.1 Å². The fourth-order valence-electron chi connectivity index (χ4n) is 3.78. The van der Waals surface area contributed by atoms with Crippen LogP contribution in [-0.4, -0.2) is 18.4 Å². The molecule has 2 bridgehead atoms. The summed E-state index contributed by atoms with van der Waals surface area (Å²) in [6.07, 6.45) is 3.77. The minimum absolute atomic E-state index is 0.0231. The average Bonchev–Trinajstić information content (AvgIpc) is 2.51. The fourth-order valence-corrected chi connectivity index (χ4v) is 3.78. The molecule has 0 heterocycles. The quantitative estimate of drug-likeness (QED) is 0.731. The number of fused-ring (bicyclic) bond motifs is 2. The average molecular weight is 210 g/mol. The van der Waals surface area contributed by atoms with Crippen LogP contribution in [0.25, 0.3) is 0 Å². The van der Waals surface area contributed by atoms with Crippen molar-refractivity contribution < 1.29 is 4.79 Å². The number of rotatable bonds is 3. The number of nitrogens with two attached hydrogens (primary N) is 2. The fraction of sp³-hybridized carbons (Fsp3) is 0.917. The first kappa shape index (κ1) is 11.1. The van der Waals surface area contributed by atoms with Crippen molar-refractivity contribution in [2.24, 2.45) is 28.2 Å². The van der Waals surface area contributed by atoms with E-state index >= 15 is 0 Å². The summed E-state index contributed by atoms with van der Waals surface area (Å²) < 4.78 is 0. The van der Waals surface area contributed by atoms with E-state index in [9.17, 15) is 4.79 Å². The van der Waals surface area contributed by atoms with E-state index in [1.54, 1.807) is 0 Å². The van der Waals surface area contributed by atoms with Gasteiger partial charge in [0.1, 0.15) is 5.78 Å². The second kappa shape index (κ2) is 3.29. The molecule has 4 N–H and O–H groups in total. The number of hydrogen-bond acceptors (Lipinski definition) is 3. The van der Waals surface area contributed by atoms with Crippen LogP contribution in [0.15, 0.2) is 0 Å². The predicted molar refractivity (Wildman–Crippen MR) is 60.2 cm³/mol. The molecule has 2 rings (SSSR count). The number of carbonyl (C=O) groups excluding carboxylic acids is 1. The molecule has 2 saturated carbocycles. The van der Waals surface area contributed by atoms with Crippen molar-refractivity contribution in [3.05, 3.63) is 0 Å². The van der Waals surface area contributed by atoms with Gasteiger partial charge in [0.15, 0.2) is 0 Å². The van der Waals surface area contributed by atoms with Gasteiger partial charge in [-0.05, 0) is 30.6 Å². The summed E-state index contributed by atoms with van der Waals surface area (Å²) in [7, 11) is 0. The molecule has 0 radical (unpaired) electrons. The Morgan fingerprint density at radius 3 is 2.60 bits per heavy atom. The highest BCUT2D eigenvalue weighted by Crippen LogP contribution is 2.65. The third-order valence-electron chi connectivity index (χ3n) is 5.05. The van der Waals surface area contributed by atoms with Gasteiger partial charge in [-0.15, -0.1) is 0 Å². The van der Waals surface area contributed by atoms with Gasteiger partial charge in [0.05, 0.1) is 0 Å². The summed E-state index contributed by atoms with van der Waals surface area (Å²) in [5.41, 5.74) is 11.5. The van der Waals surface area contributed by atoms with Crippen LogP contribution < -0.4 is 11.5 Å². The number of Topliss-reactive ketones (excluding diaryl/α,β-unsaturated/α-hetero) is 1. The molecule has 0 aromatic heterocycles. The van der Waals surface area contributed by atoms with Crippen molar-refractivity contribution in [3.63, 3.8) is 0 Å². The van der Waals surface area contributed by atoms with Gasteiger partial charge in [0.2, 0.25) is 0 Å². The predicted octanol–water partition coefficient (Wildman–Crippen LogP) is 1.06. The van der Waals surface area contributed by atoms with Crippen molar-refractivity contribution in [1.82, 2.24) is 0 Å². The summed E-state index contributed by atoms with van der Waals surface area (Å²) >= 11 is 0. The Hall–Kier alpha value is -0.410. The van der Waals surface area contributed by atoms with Gasteiger partial charge in [-0.25, -0.2) is 0 Å². The first-order valence-electron chi connectivity index (χ1n) is 5.93. The van der Waals surface area contributed by atoms with Crippen LogP contribution in [0.1, 0.15) is 39.5 Å². The summed E-state index contributed by atoms with van der Waals surface area (Å²) in [5.74, 6) is 1.02. The van der Waals surface area contributed by atoms with Crippen LogP contribution in [0.3, 0.4) is 0 Å². The minimum atomic E-state index is -0.156. The molecule has 2 aliphatic carbocycles. The van der Waals surface area contributed by atoms with E-state index in [2.05, 4.69) is 13.8 Å². The Labute approximate surface area is 91.6 Å². The Morgan fingerprint density at radius 2 is 2.20 bits per heavy atom. The van der Waals surface area contributed by atoms with Crippen LogP contribution >= 0.6 is 0 Å². The first-order chi connectivity index (χ1) is 6.94. The molecule has 0 aliphatic heterocycles. The van der Waals surface area contributed by atoms with E-state index in [4.69, 9.17) is 11.5 Å². The molecule has 3 nitrogen and oxygen atoms in total. The zero-order valence-corrected chi connectivity index (χ0v) is 9.75. The molecule has 0 saturated heterocycles. The smallest absolute Gasteiger partial charge is 0.139 e. The minimum Gasteiger partial charge on any atom is -0.329 e. The zero-order chi connectivity index (χ0) is 11.3. The Morgan fingerprint density at radius 1 is 1.53 bits per heavy atom. The lowest BCUT2D eigenvalue weighted by molar-refractivity contribution is -0.130. The summed E-state index contributed by atoms with van der Waals surface area (Å²) in [6.45, 7) is 4.95. The highest BCUT2D eigenvalue weighted by molar-refractivity contribution is 5.89. The highest BCUT2D eigenvalue weighted by Gasteiger charge is 2.63. The third-order valence-corrected chi connectivity index (χ3v) is 5.05. The van der Waals surface area contributed by atoms with E-state index in [0.29, 0.717) is 18.2 Å². The largest absolute Gasteiger partial charge is 0.329 e. The molecule has 15 heavy (non-hydrogen) atoms. The lowest BCUT2D eigenvalue weighted by Gasteiger charge is -2.38. The molecule has 0 spiro atoms. The maximum absolute atomic E-state index is 12.1. The molecule has 86 valence electrons. The molecule has 0 aromatic carbocycles. The van der Waals surface area contributed by atoms with Crippen LogP contribution in [0.5, 0.6) is 0 Å². The molecule has 0 aromatic rings. The SMILES string of the molecule is CC1(C)C2CCC1(CC(N)CN)C(=O)C2. The van der Waals surface area contributed by atoms with Crippen LogP contribution in [0.4, 0.5) is 0 Å². The molecule has 3 atom stereocenters. The summed E-state index contributed by atoms with van der Waals surface area (Å²) in [4.78, 5) is 12.1. The van der Waals surface area contributed by atoms with E-state index in [-0.39, 0.29) is 16.9 Å². The van der Waals surface area contributed by atoms with Gasteiger partial charge in [-0.3, -0.25) is 4.79 Å². The van der Waals surface area contributed by atoms with Gasteiger partial charge in [-0.1, -0.05) is 13.8 Å². The van der Waals surface area contributed by atoms with Gasteiger partial charge in [0.25, 0.3) is 0 Å². The normalized spacial score (nSPS) is 39.7. The van der Waals surface area contributed by atoms with Gasteiger partial charge < -0.3 is 11.5 Å². The molecule has 0 amide bonds. The maximum atomic E-state index is 12.1. The maximum Gasteiger partial charge on any atom is 0.139 e. The monoisotopic (exact) mass is 210 g/mol. The van der Waals surface area contributed by atoms with Crippen LogP contribution in [-0.2, 0) is 4.79 Å². The third kappa shape index (κ3) is 1.29. The standard InChI is InChI=1S/C12H22N2O/c1-11(2)8-3-4-12(11,10(15)5-8)6-9(14)7-13/h8-9H,3-7,13-14H2,1-2H3. The molecular formula is C12H22N2O. The van der Waals surface area contributed by atoms with Gasteiger partial charge >= 0.3 is 0 Å². The second-order valence-electron chi connectivity index (χ2n) is 5.87. The lowest BCUT2D eigenvalue weighted by Crippen LogP contribution is -2.43. The van der Waals surface area contributed by atoms with Crippen molar-refractivity contribution in [3.8, 4) is 0 Å². The Bertz CT molecular complexity index is 287. The van der Waals surface area contributed by atoms with Crippen molar-refractivity contribution in [2.45, 2.75) is 45.6 Å². The first-order valence-corrected chi connectivity index (χ1v) is 5.93. The van der Waals surface area contributed by atoms with Crippen molar-refractivity contribution in [1.29, 1.82) is 0 Å². The molecule has 3 unspecified atom stereocenters. The van der Waals surface area contributed by atoms with Crippen LogP contribution in [0, 0.1) is 16.7 Å². The summed E-state index contributed by atoms with van der Waals surface area (Å²) in [6, 6.07) is -0.0231. The molecule has 3 heteroatoms. The Kier molecular flexibility index (Phi) is 2.43. The summed E-state index contributed by atoms with van der Waals surface area (Å²) in [5, 5.41) is 0. The number of carbonyl (C=O) groups is 1. The zero-order valence-electron chi connectivity index (χ0n) is 9.75. The van der Waals surface area contributed by atoms with Crippen molar-refractivity contribution >= 4 is 5.78 Å². The molecular weight excluding hydrogens is 188 g/mol. The van der Waals surface area contributed by atoms with Gasteiger partial charge in [0, 0.05) is 24.4 Å². The van der Waals surface area contributed by atoms with E-state index in [1.807, 2.05) is 0 Å². The molecule has 2 aliphatic rings.